The summed E-state index contributed by atoms with van der Waals surface area (Å²) in [6, 6.07) is 15.9. The lowest BCUT2D eigenvalue weighted by atomic mass is 10.0. The predicted octanol–water partition coefficient (Wildman–Crippen LogP) is 3.33. The molecule has 1 atom stereocenters. The molecule has 2 rings (SSSR count). The summed E-state index contributed by atoms with van der Waals surface area (Å²) in [7, 11) is 0. The number of amides is 1. The molecule has 3 N–H and O–H groups in total. The molecule has 0 aliphatic rings. The van der Waals surface area contributed by atoms with Crippen molar-refractivity contribution in [3.05, 3.63) is 65.2 Å². The zero-order valence-corrected chi connectivity index (χ0v) is 12.6. The van der Waals surface area contributed by atoms with Crippen LogP contribution in [0.3, 0.4) is 0 Å². The third kappa shape index (κ3) is 4.09. The maximum absolute atomic E-state index is 12.3. The second-order valence-corrected chi connectivity index (χ2v) is 5.44. The van der Waals surface area contributed by atoms with Gasteiger partial charge in [-0.2, -0.15) is 0 Å². The van der Waals surface area contributed by atoms with E-state index >= 15 is 0 Å². The van der Waals surface area contributed by atoms with Crippen molar-refractivity contribution in [3.63, 3.8) is 0 Å². The second kappa shape index (κ2) is 6.93. The molecule has 110 valence electrons. The minimum Gasteiger partial charge on any atom is -0.398 e. The first kappa shape index (κ1) is 15.1. The molecule has 0 radical (unpaired) electrons. The molecule has 21 heavy (non-hydrogen) atoms. The molecule has 1 unspecified atom stereocenters. The van der Waals surface area contributed by atoms with Crippen molar-refractivity contribution < 1.29 is 4.79 Å². The van der Waals surface area contributed by atoms with Gasteiger partial charge in [0.2, 0.25) is 0 Å². The first-order valence-electron chi connectivity index (χ1n) is 7.28. The van der Waals surface area contributed by atoms with Crippen LogP contribution in [0, 0.1) is 6.92 Å². The third-order valence-electron chi connectivity index (χ3n) is 3.62. The van der Waals surface area contributed by atoms with Gasteiger partial charge in [0.05, 0.1) is 5.56 Å². The van der Waals surface area contributed by atoms with Crippen molar-refractivity contribution >= 4 is 11.6 Å². The second-order valence-electron chi connectivity index (χ2n) is 5.44. The highest BCUT2D eigenvalue weighted by Crippen LogP contribution is 2.16. The van der Waals surface area contributed by atoms with Crippen LogP contribution >= 0.6 is 0 Å². The van der Waals surface area contributed by atoms with Crippen LogP contribution in [-0.2, 0) is 6.42 Å². The van der Waals surface area contributed by atoms with Crippen molar-refractivity contribution in [1.29, 1.82) is 0 Å². The van der Waals surface area contributed by atoms with Crippen LogP contribution in [0.1, 0.15) is 34.8 Å². The Bertz CT molecular complexity index is 588. The molecule has 0 fully saturated rings. The van der Waals surface area contributed by atoms with Gasteiger partial charge >= 0.3 is 0 Å². The summed E-state index contributed by atoms with van der Waals surface area (Å²) < 4.78 is 0. The Morgan fingerprint density at radius 1 is 1.14 bits per heavy atom. The molecule has 0 aliphatic carbocycles. The summed E-state index contributed by atoms with van der Waals surface area (Å²) in [5.41, 5.74) is 9.21. The Morgan fingerprint density at radius 2 is 1.86 bits per heavy atom. The van der Waals surface area contributed by atoms with Crippen LogP contribution in [0.5, 0.6) is 0 Å². The summed E-state index contributed by atoms with van der Waals surface area (Å²) in [6.45, 7) is 3.93. The number of hydrogen-bond acceptors (Lipinski definition) is 2. The number of carbonyl (C=O) groups is 1. The molecular weight excluding hydrogens is 260 g/mol. The van der Waals surface area contributed by atoms with E-state index in [1.165, 1.54) is 5.56 Å². The van der Waals surface area contributed by atoms with Gasteiger partial charge in [0.1, 0.15) is 0 Å². The molecule has 0 bridgehead atoms. The first-order valence-corrected chi connectivity index (χ1v) is 7.28. The van der Waals surface area contributed by atoms with Crippen molar-refractivity contribution in [3.8, 4) is 0 Å². The van der Waals surface area contributed by atoms with E-state index in [1.807, 2.05) is 44.2 Å². The minimum absolute atomic E-state index is 0.0915. The maximum atomic E-state index is 12.3. The van der Waals surface area contributed by atoms with Crippen LogP contribution in [0.2, 0.25) is 0 Å². The van der Waals surface area contributed by atoms with E-state index in [1.54, 1.807) is 6.07 Å². The van der Waals surface area contributed by atoms with Gasteiger partial charge in [-0.3, -0.25) is 4.79 Å². The highest BCUT2D eigenvalue weighted by molar-refractivity contribution is 6.00. The summed E-state index contributed by atoms with van der Waals surface area (Å²) in [5, 5.41) is 3.03. The molecule has 0 saturated heterocycles. The Morgan fingerprint density at radius 3 is 2.52 bits per heavy atom. The van der Waals surface area contributed by atoms with Crippen LogP contribution in [0.15, 0.2) is 48.5 Å². The highest BCUT2D eigenvalue weighted by atomic mass is 16.1. The SMILES string of the molecule is Cc1cccc(N)c1C(=O)NC(C)CCc1ccccc1. The van der Waals surface area contributed by atoms with Crippen LogP contribution in [0.4, 0.5) is 5.69 Å². The fourth-order valence-corrected chi connectivity index (χ4v) is 2.40. The number of hydrogen-bond donors (Lipinski definition) is 2. The van der Waals surface area contributed by atoms with Gasteiger partial charge in [-0.15, -0.1) is 0 Å². The lowest BCUT2D eigenvalue weighted by Crippen LogP contribution is -2.33. The normalized spacial score (nSPS) is 11.9. The van der Waals surface area contributed by atoms with E-state index in [0.717, 1.165) is 18.4 Å². The number of carbonyl (C=O) groups excluding carboxylic acids is 1. The van der Waals surface area contributed by atoms with Crippen LogP contribution in [0.25, 0.3) is 0 Å². The molecule has 0 spiro atoms. The molecule has 0 aliphatic heterocycles. The molecule has 3 nitrogen and oxygen atoms in total. The number of benzene rings is 2. The summed E-state index contributed by atoms with van der Waals surface area (Å²) in [5.74, 6) is -0.0915. The van der Waals surface area contributed by atoms with Crippen LogP contribution in [-0.4, -0.2) is 11.9 Å². The van der Waals surface area contributed by atoms with Gasteiger partial charge in [0.25, 0.3) is 5.91 Å². The molecule has 2 aromatic carbocycles. The van der Waals surface area contributed by atoms with Gasteiger partial charge in [-0.05, 0) is 43.9 Å². The summed E-state index contributed by atoms with van der Waals surface area (Å²) >= 11 is 0. The average molecular weight is 282 g/mol. The lowest BCUT2D eigenvalue weighted by Gasteiger charge is -2.16. The predicted molar refractivity (Wildman–Crippen MR) is 87.3 cm³/mol. The highest BCUT2D eigenvalue weighted by Gasteiger charge is 2.14. The monoisotopic (exact) mass is 282 g/mol. The molecular formula is C18H22N2O. The topological polar surface area (TPSA) is 55.1 Å². The molecule has 2 aromatic rings. The number of nitrogens with one attached hydrogen (secondary N) is 1. The zero-order chi connectivity index (χ0) is 15.2. The van der Waals surface area contributed by atoms with E-state index in [9.17, 15) is 4.79 Å². The van der Waals surface area contributed by atoms with E-state index < -0.39 is 0 Å². The number of rotatable bonds is 5. The Balaban J connectivity index is 1.93. The summed E-state index contributed by atoms with van der Waals surface area (Å²) in [4.78, 5) is 12.3. The van der Waals surface area contributed by atoms with Gasteiger partial charge in [0, 0.05) is 11.7 Å². The quantitative estimate of drug-likeness (QED) is 0.826. The van der Waals surface area contributed by atoms with E-state index in [0.29, 0.717) is 11.3 Å². The van der Waals surface area contributed by atoms with Gasteiger partial charge in [-0.25, -0.2) is 0 Å². The van der Waals surface area contributed by atoms with Crippen molar-refractivity contribution in [1.82, 2.24) is 5.32 Å². The smallest absolute Gasteiger partial charge is 0.253 e. The van der Waals surface area contributed by atoms with E-state index in [-0.39, 0.29) is 11.9 Å². The fourth-order valence-electron chi connectivity index (χ4n) is 2.40. The first-order chi connectivity index (χ1) is 10.1. The Kier molecular flexibility index (Phi) is 4.99. The Labute approximate surface area is 126 Å². The van der Waals surface area contributed by atoms with Crippen molar-refractivity contribution in [2.45, 2.75) is 32.7 Å². The van der Waals surface area contributed by atoms with Gasteiger partial charge in [-0.1, -0.05) is 42.5 Å². The molecule has 0 aromatic heterocycles. The Hall–Kier alpha value is -2.29. The number of aryl methyl sites for hydroxylation is 2. The molecule has 0 heterocycles. The van der Waals surface area contributed by atoms with Gasteiger partial charge in [0.15, 0.2) is 0 Å². The van der Waals surface area contributed by atoms with Crippen LogP contribution < -0.4 is 11.1 Å². The maximum Gasteiger partial charge on any atom is 0.253 e. The van der Waals surface area contributed by atoms with Crippen molar-refractivity contribution in [2.24, 2.45) is 0 Å². The summed E-state index contributed by atoms with van der Waals surface area (Å²) in [6.07, 6.45) is 1.85. The standard InChI is InChI=1S/C18H22N2O/c1-13-7-6-10-16(19)17(13)18(21)20-14(2)11-12-15-8-4-3-5-9-15/h3-10,14H,11-12,19H2,1-2H3,(H,20,21). The third-order valence-corrected chi connectivity index (χ3v) is 3.62. The van der Waals surface area contributed by atoms with Crippen molar-refractivity contribution in [2.75, 3.05) is 5.73 Å². The number of nitrogens with two attached hydrogens (primary N) is 1. The molecule has 0 saturated carbocycles. The number of anilines is 1. The van der Waals surface area contributed by atoms with E-state index in [2.05, 4.69) is 17.4 Å². The largest absolute Gasteiger partial charge is 0.398 e. The molecule has 3 heteroatoms. The average Bonchev–Trinajstić information content (AvgIpc) is 2.46. The zero-order valence-electron chi connectivity index (χ0n) is 12.6. The van der Waals surface area contributed by atoms with E-state index in [4.69, 9.17) is 5.73 Å². The minimum atomic E-state index is -0.0915. The number of nitrogen functional groups attached to an aromatic ring is 1. The molecule has 1 amide bonds. The lowest BCUT2D eigenvalue weighted by molar-refractivity contribution is 0.0939. The fraction of sp³-hybridized carbons (Fsp3) is 0.278. The van der Waals surface area contributed by atoms with Gasteiger partial charge < -0.3 is 11.1 Å².